The summed E-state index contributed by atoms with van der Waals surface area (Å²) in [5, 5.41) is 2.91. The van der Waals surface area contributed by atoms with Gasteiger partial charge in [0.15, 0.2) is 11.5 Å². The van der Waals surface area contributed by atoms with E-state index in [0.717, 1.165) is 11.1 Å². The molecule has 0 atom stereocenters. The van der Waals surface area contributed by atoms with Gasteiger partial charge in [-0.3, -0.25) is 9.78 Å². The molecular weight excluding hydrogens is 394 g/mol. The third-order valence-electron chi connectivity index (χ3n) is 4.26. The minimum atomic E-state index is -0.223. The topological polar surface area (TPSA) is 82.6 Å². The number of rotatable bonds is 10. The number of carbonyl (C=O) groups is 1. The maximum atomic E-state index is 12.7. The van der Waals surface area contributed by atoms with Crippen molar-refractivity contribution in [2.75, 3.05) is 6.61 Å². The van der Waals surface area contributed by atoms with E-state index in [1.54, 1.807) is 36.8 Å². The van der Waals surface area contributed by atoms with Crippen molar-refractivity contribution < 1.29 is 19.0 Å². The summed E-state index contributed by atoms with van der Waals surface area (Å²) in [5.41, 5.74) is 2.24. The Hall–Kier alpha value is -3.61. The van der Waals surface area contributed by atoms with Crippen LogP contribution in [0.3, 0.4) is 0 Å². The Balaban J connectivity index is 1.68. The van der Waals surface area contributed by atoms with E-state index in [4.69, 9.17) is 14.2 Å². The van der Waals surface area contributed by atoms with Crippen molar-refractivity contribution in [1.29, 1.82) is 0 Å². The summed E-state index contributed by atoms with van der Waals surface area (Å²) >= 11 is 0. The van der Waals surface area contributed by atoms with Crippen molar-refractivity contribution in [3.63, 3.8) is 0 Å². The summed E-state index contributed by atoms with van der Waals surface area (Å²) < 4.78 is 17.3. The molecule has 7 nitrogen and oxygen atoms in total. The van der Waals surface area contributed by atoms with Crippen LogP contribution in [0.25, 0.3) is 0 Å². The summed E-state index contributed by atoms with van der Waals surface area (Å²) in [4.78, 5) is 21.1. The van der Waals surface area contributed by atoms with Crippen molar-refractivity contribution in [2.24, 2.45) is 0 Å². The van der Waals surface area contributed by atoms with E-state index in [1.165, 1.54) is 0 Å². The van der Waals surface area contributed by atoms with Gasteiger partial charge in [0.25, 0.3) is 5.91 Å². The minimum Gasteiger partial charge on any atom is -0.490 e. The molecule has 0 aliphatic rings. The van der Waals surface area contributed by atoms with Gasteiger partial charge in [-0.2, -0.15) is 0 Å². The molecule has 0 saturated carbocycles. The van der Waals surface area contributed by atoms with E-state index in [1.807, 2.05) is 45.0 Å². The number of hydrogen-bond acceptors (Lipinski definition) is 6. The van der Waals surface area contributed by atoms with Gasteiger partial charge in [-0.15, -0.1) is 0 Å². The van der Waals surface area contributed by atoms with Gasteiger partial charge < -0.3 is 19.5 Å². The normalized spacial score (nSPS) is 10.6. The predicted molar refractivity (Wildman–Crippen MR) is 117 cm³/mol. The molecule has 0 fully saturated rings. The number of ether oxygens (including phenoxy) is 3. The van der Waals surface area contributed by atoms with Crippen LogP contribution in [0.2, 0.25) is 0 Å². The standard InChI is InChI=1S/C24H27N3O4/c1-4-29-22-13-19(9-10-21(22)30-16-18-7-5-11-25-14-18)23(28)27-15-20-8-6-12-26-24(20)31-17(2)3/h5-14,17H,4,15-16H2,1-3H3,(H,27,28). The van der Waals surface area contributed by atoms with Gasteiger partial charge in [0.2, 0.25) is 5.88 Å². The van der Waals surface area contributed by atoms with Crippen LogP contribution in [-0.2, 0) is 13.2 Å². The molecule has 1 amide bonds. The first-order valence-corrected chi connectivity index (χ1v) is 10.2. The Labute approximate surface area is 182 Å². The second-order valence-electron chi connectivity index (χ2n) is 7.06. The molecule has 0 saturated heterocycles. The van der Waals surface area contributed by atoms with Gasteiger partial charge in [-0.1, -0.05) is 12.1 Å². The molecule has 0 radical (unpaired) electrons. The third-order valence-corrected chi connectivity index (χ3v) is 4.26. The molecule has 2 heterocycles. The molecule has 0 spiro atoms. The highest BCUT2D eigenvalue weighted by Gasteiger charge is 2.13. The maximum Gasteiger partial charge on any atom is 0.251 e. The average molecular weight is 421 g/mol. The van der Waals surface area contributed by atoms with E-state index in [9.17, 15) is 4.79 Å². The quantitative estimate of drug-likeness (QED) is 0.529. The van der Waals surface area contributed by atoms with Crippen LogP contribution in [0.15, 0.2) is 61.1 Å². The highest BCUT2D eigenvalue weighted by molar-refractivity contribution is 5.94. The summed E-state index contributed by atoms with van der Waals surface area (Å²) in [7, 11) is 0. The molecule has 0 unspecified atom stereocenters. The smallest absolute Gasteiger partial charge is 0.251 e. The Kier molecular flexibility index (Phi) is 7.81. The van der Waals surface area contributed by atoms with Crippen LogP contribution in [-0.4, -0.2) is 28.6 Å². The number of pyridine rings is 2. The first-order valence-electron chi connectivity index (χ1n) is 10.2. The van der Waals surface area contributed by atoms with Crippen LogP contribution in [0.1, 0.15) is 42.3 Å². The summed E-state index contributed by atoms with van der Waals surface area (Å²) in [6.45, 7) is 6.88. The van der Waals surface area contributed by atoms with E-state index in [-0.39, 0.29) is 12.0 Å². The van der Waals surface area contributed by atoms with Crippen molar-refractivity contribution in [3.8, 4) is 17.4 Å². The lowest BCUT2D eigenvalue weighted by atomic mass is 10.1. The number of nitrogens with zero attached hydrogens (tertiary/aromatic N) is 2. The van der Waals surface area contributed by atoms with Gasteiger partial charge in [-0.25, -0.2) is 4.98 Å². The van der Waals surface area contributed by atoms with Crippen LogP contribution in [0.5, 0.6) is 17.4 Å². The van der Waals surface area contributed by atoms with Gasteiger partial charge in [0.1, 0.15) is 6.61 Å². The van der Waals surface area contributed by atoms with Gasteiger partial charge in [-0.05, 0) is 51.1 Å². The Morgan fingerprint density at radius 2 is 1.90 bits per heavy atom. The number of aromatic nitrogens is 2. The number of hydrogen-bond donors (Lipinski definition) is 1. The van der Waals surface area contributed by atoms with E-state index in [0.29, 0.717) is 42.7 Å². The fraction of sp³-hybridized carbons (Fsp3) is 0.292. The summed E-state index contributed by atoms with van der Waals surface area (Å²) in [6, 6.07) is 12.6. The molecule has 3 rings (SSSR count). The van der Waals surface area contributed by atoms with E-state index >= 15 is 0 Å². The maximum absolute atomic E-state index is 12.7. The first-order chi connectivity index (χ1) is 15.1. The number of benzene rings is 1. The van der Waals surface area contributed by atoms with Crippen LogP contribution in [0, 0.1) is 0 Å². The molecule has 2 aromatic heterocycles. The van der Waals surface area contributed by atoms with Gasteiger partial charge >= 0.3 is 0 Å². The molecule has 1 N–H and O–H groups in total. The monoisotopic (exact) mass is 421 g/mol. The first kappa shape index (κ1) is 22.1. The zero-order valence-corrected chi connectivity index (χ0v) is 18.0. The summed E-state index contributed by atoms with van der Waals surface area (Å²) in [5.74, 6) is 1.39. The lowest BCUT2D eigenvalue weighted by Crippen LogP contribution is -2.23. The third kappa shape index (κ3) is 6.44. The highest BCUT2D eigenvalue weighted by Crippen LogP contribution is 2.29. The molecule has 0 bridgehead atoms. The van der Waals surface area contributed by atoms with Crippen molar-refractivity contribution >= 4 is 5.91 Å². The fourth-order valence-electron chi connectivity index (χ4n) is 2.85. The lowest BCUT2D eigenvalue weighted by molar-refractivity contribution is 0.0950. The van der Waals surface area contributed by atoms with Gasteiger partial charge in [0.05, 0.1) is 12.7 Å². The van der Waals surface area contributed by atoms with Crippen molar-refractivity contribution in [1.82, 2.24) is 15.3 Å². The molecule has 1 aromatic carbocycles. The zero-order valence-electron chi connectivity index (χ0n) is 18.0. The second-order valence-corrected chi connectivity index (χ2v) is 7.06. The van der Waals surface area contributed by atoms with Gasteiger partial charge in [0, 0.05) is 41.8 Å². The van der Waals surface area contributed by atoms with E-state index in [2.05, 4.69) is 15.3 Å². The van der Waals surface area contributed by atoms with Crippen LogP contribution >= 0.6 is 0 Å². The van der Waals surface area contributed by atoms with Crippen molar-refractivity contribution in [3.05, 3.63) is 77.7 Å². The Bertz CT molecular complexity index is 993. The number of amides is 1. The molecule has 0 aliphatic carbocycles. The summed E-state index contributed by atoms with van der Waals surface area (Å²) in [6.07, 6.45) is 5.13. The molecular formula is C24H27N3O4. The molecule has 31 heavy (non-hydrogen) atoms. The average Bonchev–Trinajstić information content (AvgIpc) is 2.78. The molecule has 7 heteroatoms. The largest absolute Gasteiger partial charge is 0.490 e. The predicted octanol–water partition coefficient (Wildman–Crippen LogP) is 4.17. The minimum absolute atomic E-state index is 0.00249. The lowest BCUT2D eigenvalue weighted by Gasteiger charge is -2.15. The van der Waals surface area contributed by atoms with Crippen LogP contribution < -0.4 is 19.5 Å². The highest BCUT2D eigenvalue weighted by atomic mass is 16.5. The van der Waals surface area contributed by atoms with E-state index < -0.39 is 0 Å². The zero-order chi connectivity index (χ0) is 22.1. The molecule has 162 valence electrons. The molecule has 0 aliphatic heterocycles. The fourth-order valence-corrected chi connectivity index (χ4v) is 2.85. The second kappa shape index (κ2) is 11.0. The Morgan fingerprint density at radius 3 is 2.65 bits per heavy atom. The van der Waals surface area contributed by atoms with Crippen molar-refractivity contribution in [2.45, 2.75) is 40.0 Å². The Morgan fingerprint density at radius 1 is 1.06 bits per heavy atom. The SMILES string of the molecule is CCOc1cc(C(=O)NCc2cccnc2OC(C)C)ccc1OCc1cccnc1. The number of nitrogens with one attached hydrogen (secondary N) is 1. The molecule has 3 aromatic rings. The van der Waals surface area contributed by atoms with Crippen LogP contribution in [0.4, 0.5) is 0 Å². The number of carbonyl (C=O) groups excluding carboxylic acids is 1.